The van der Waals surface area contributed by atoms with Crippen molar-refractivity contribution in [3.63, 3.8) is 0 Å². The number of benzene rings is 2. The third-order valence-electron chi connectivity index (χ3n) is 2.79. The maximum atomic E-state index is 12.4. The average molecular weight is 359 g/mol. The molecule has 0 unspecified atom stereocenters. The normalized spacial score (nSPS) is 11.3. The van der Waals surface area contributed by atoms with E-state index < -0.39 is 17.9 Å². The number of halogens is 4. The predicted molar refractivity (Wildman–Crippen MR) is 75.4 cm³/mol. The molecule has 0 aliphatic heterocycles. The number of alkyl halides is 3. The lowest BCUT2D eigenvalue weighted by Gasteiger charge is -2.12. The van der Waals surface area contributed by atoms with Crippen LogP contribution in [0.25, 0.3) is 0 Å². The number of aryl methyl sites for hydroxylation is 1. The molecule has 0 aliphatic rings. The zero-order valence-electron chi connectivity index (χ0n) is 10.9. The Morgan fingerprint density at radius 1 is 1.14 bits per heavy atom. The van der Waals surface area contributed by atoms with Crippen LogP contribution in [-0.2, 0) is 0 Å². The van der Waals surface area contributed by atoms with E-state index in [9.17, 15) is 18.0 Å². The van der Waals surface area contributed by atoms with Crippen molar-refractivity contribution in [3.05, 3.63) is 63.6 Å². The number of hydrogen-bond donors (Lipinski definition) is 0. The molecule has 0 bridgehead atoms. The smallest absolute Gasteiger partial charge is 0.405 e. The molecule has 0 saturated heterocycles. The number of rotatable bonds is 3. The zero-order valence-corrected chi connectivity index (χ0v) is 12.5. The van der Waals surface area contributed by atoms with E-state index >= 15 is 0 Å². The number of hydrogen-bond acceptors (Lipinski definition) is 2. The van der Waals surface area contributed by atoms with Gasteiger partial charge in [0.15, 0.2) is 5.78 Å². The summed E-state index contributed by atoms with van der Waals surface area (Å²) >= 11 is 3.29. The van der Waals surface area contributed by atoms with Crippen molar-refractivity contribution in [2.45, 2.75) is 13.3 Å². The van der Waals surface area contributed by atoms with E-state index in [1.807, 2.05) is 6.92 Å². The predicted octanol–water partition coefficient (Wildman–Crippen LogP) is 4.89. The Balaban J connectivity index is 2.41. The molecular formula is C15H10BrF3O2. The maximum absolute atomic E-state index is 12.4. The van der Waals surface area contributed by atoms with Crippen molar-refractivity contribution in [3.8, 4) is 5.75 Å². The molecule has 2 nitrogen and oxygen atoms in total. The maximum Gasteiger partial charge on any atom is 0.573 e. The van der Waals surface area contributed by atoms with Gasteiger partial charge in [-0.1, -0.05) is 40.2 Å². The molecule has 2 aromatic carbocycles. The lowest BCUT2D eigenvalue weighted by molar-refractivity contribution is -0.274. The molecule has 0 atom stereocenters. The Morgan fingerprint density at radius 3 is 2.43 bits per heavy atom. The van der Waals surface area contributed by atoms with Crippen LogP contribution in [0.3, 0.4) is 0 Å². The van der Waals surface area contributed by atoms with Crippen LogP contribution in [-0.4, -0.2) is 12.1 Å². The van der Waals surface area contributed by atoms with Crippen LogP contribution in [0.15, 0.2) is 46.9 Å². The van der Waals surface area contributed by atoms with Crippen molar-refractivity contribution >= 4 is 21.7 Å². The van der Waals surface area contributed by atoms with E-state index in [-0.39, 0.29) is 11.1 Å². The van der Waals surface area contributed by atoms with Gasteiger partial charge in [-0.3, -0.25) is 4.79 Å². The van der Waals surface area contributed by atoms with Crippen LogP contribution in [0.5, 0.6) is 5.75 Å². The van der Waals surface area contributed by atoms with Crippen molar-refractivity contribution in [2.24, 2.45) is 0 Å². The van der Waals surface area contributed by atoms with Crippen LogP contribution >= 0.6 is 15.9 Å². The summed E-state index contributed by atoms with van der Waals surface area (Å²) < 4.78 is 41.7. The Kier molecular flexibility index (Phi) is 4.37. The van der Waals surface area contributed by atoms with Crippen LogP contribution < -0.4 is 4.74 Å². The van der Waals surface area contributed by atoms with Crippen LogP contribution in [0.1, 0.15) is 21.5 Å². The van der Waals surface area contributed by atoms with Crippen LogP contribution in [0.4, 0.5) is 13.2 Å². The van der Waals surface area contributed by atoms with Gasteiger partial charge in [0.05, 0.1) is 5.56 Å². The fraction of sp³-hybridized carbons (Fsp3) is 0.133. The Labute approximate surface area is 127 Å². The second kappa shape index (κ2) is 5.89. The van der Waals surface area contributed by atoms with E-state index in [1.165, 1.54) is 18.2 Å². The second-order valence-corrected chi connectivity index (χ2v) is 5.19. The fourth-order valence-corrected chi connectivity index (χ4v) is 2.14. The van der Waals surface area contributed by atoms with Gasteiger partial charge in [-0.05, 0) is 30.7 Å². The Hall–Kier alpha value is -1.82. The first-order chi connectivity index (χ1) is 9.78. The molecule has 0 heterocycles. The van der Waals surface area contributed by atoms with Crippen molar-refractivity contribution in [1.82, 2.24) is 0 Å². The third-order valence-corrected chi connectivity index (χ3v) is 3.65. The first kappa shape index (κ1) is 15.6. The van der Waals surface area contributed by atoms with Crippen LogP contribution in [0, 0.1) is 6.92 Å². The van der Waals surface area contributed by atoms with E-state index in [0.717, 1.165) is 11.6 Å². The number of carbonyl (C=O) groups excluding carboxylic acids is 1. The molecule has 110 valence electrons. The number of carbonyl (C=O) groups is 1. The van der Waals surface area contributed by atoms with Gasteiger partial charge in [-0.25, -0.2) is 0 Å². The molecule has 0 radical (unpaired) electrons. The van der Waals surface area contributed by atoms with E-state index in [2.05, 4.69) is 20.7 Å². The SMILES string of the molecule is Cc1ccc(C(=O)c2ccccc2OC(F)(F)F)cc1Br. The summed E-state index contributed by atoms with van der Waals surface area (Å²) in [5, 5.41) is 0. The van der Waals surface area contributed by atoms with Gasteiger partial charge in [0.2, 0.25) is 0 Å². The molecular weight excluding hydrogens is 349 g/mol. The summed E-state index contributed by atoms with van der Waals surface area (Å²) in [5.41, 5.74) is 1.07. The fourth-order valence-electron chi connectivity index (χ4n) is 1.76. The van der Waals surface area contributed by atoms with Gasteiger partial charge in [0, 0.05) is 10.0 Å². The Bertz CT molecular complexity index is 681. The highest BCUT2D eigenvalue weighted by atomic mass is 79.9. The van der Waals surface area contributed by atoms with Gasteiger partial charge in [0.1, 0.15) is 5.75 Å². The molecule has 2 rings (SSSR count). The lowest BCUT2D eigenvalue weighted by Crippen LogP contribution is -2.19. The minimum Gasteiger partial charge on any atom is -0.405 e. The molecule has 0 N–H and O–H groups in total. The highest BCUT2D eigenvalue weighted by Gasteiger charge is 2.32. The van der Waals surface area contributed by atoms with Gasteiger partial charge in [-0.15, -0.1) is 13.2 Å². The first-order valence-corrected chi connectivity index (χ1v) is 6.73. The van der Waals surface area contributed by atoms with Crippen molar-refractivity contribution in [1.29, 1.82) is 0 Å². The topological polar surface area (TPSA) is 26.3 Å². The van der Waals surface area contributed by atoms with Gasteiger partial charge >= 0.3 is 6.36 Å². The van der Waals surface area contributed by atoms with Gasteiger partial charge < -0.3 is 4.74 Å². The zero-order chi connectivity index (χ0) is 15.6. The summed E-state index contributed by atoms with van der Waals surface area (Å²) in [6, 6.07) is 10.1. The summed E-state index contributed by atoms with van der Waals surface area (Å²) in [7, 11) is 0. The molecule has 0 spiro atoms. The molecule has 0 amide bonds. The average Bonchev–Trinajstić information content (AvgIpc) is 2.40. The molecule has 6 heteroatoms. The van der Waals surface area contributed by atoms with E-state index in [0.29, 0.717) is 4.47 Å². The molecule has 0 aliphatic carbocycles. The summed E-state index contributed by atoms with van der Waals surface area (Å²) in [6.07, 6.45) is -4.84. The number of ether oxygens (including phenoxy) is 1. The number of ketones is 1. The van der Waals surface area contributed by atoms with E-state index in [1.54, 1.807) is 18.2 Å². The summed E-state index contributed by atoms with van der Waals surface area (Å²) in [6.45, 7) is 1.85. The monoisotopic (exact) mass is 358 g/mol. The molecule has 0 aromatic heterocycles. The Morgan fingerprint density at radius 2 is 1.81 bits per heavy atom. The molecule has 0 fully saturated rings. The van der Waals surface area contributed by atoms with Gasteiger partial charge in [0.25, 0.3) is 0 Å². The van der Waals surface area contributed by atoms with Crippen molar-refractivity contribution < 1.29 is 22.7 Å². The third kappa shape index (κ3) is 3.85. The van der Waals surface area contributed by atoms with Gasteiger partial charge in [-0.2, -0.15) is 0 Å². The minimum absolute atomic E-state index is 0.134. The number of para-hydroxylation sites is 1. The van der Waals surface area contributed by atoms with E-state index in [4.69, 9.17) is 0 Å². The second-order valence-electron chi connectivity index (χ2n) is 4.34. The summed E-state index contributed by atoms with van der Waals surface area (Å²) in [4.78, 5) is 12.3. The van der Waals surface area contributed by atoms with Crippen LogP contribution in [0.2, 0.25) is 0 Å². The lowest BCUT2D eigenvalue weighted by atomic mass is 10.0. The summed E-state index contributed by atoms with van der Waals surface area (Å²) in [5.74, 6) is -1.04. The highest BCUT2D eigenvalue weighted by molar-refractivity contribution is 9.10. The first-order valence-electron chi connectivity index (χ1n) is 5.93. The minimum atomic E-state index is -4.84. The largest absolute Gasteiger partial charge is 0.573 e. The highest BCUT2D eigenvalue weighted by Crippen LogP contribution is 2.28. The quantitative estimate of drug-likeness (QED) is 0.730. The molecule has 0 saturated carbocycles. The standard InChI is InChI=1S/C15H10BrF3O2/c1-9-6-7-10(8-12(9)16)14(20)11-4-2-3-5-13(11)21-15(17,18)19/h2-8H,1H3. The molecule has 2 aromatic rings. The molecule has 21 heavy (non-hydrogen) atoms. The van der Waals surface area contributed by atoms with Crippen molar-refractivity contribution in [2.75, 3.05) is 0 Å².